The average molecular weight is 379 g/mol. The van der Waals surface area contributed by atoms with Crippen LogP contribution in [0.15, 0.2) is 45.8 Å². The van der Waals surface area contributed by atoms with E-state index in [4.69, 9.17) is 9.26 Å². The van der Waals surface area contributed by atoms with Gasteiger partial charge in [-0.05, 0) is 44.5 Å². The molecular formula is C22H25N3O3. The monoisotopic (exact) mass is 379 g/mol. The summed E-state index contributed by atoms with van der Waals surface area (Å²) < 4.78 is 12.5. The Labute approximate surface area is 164 Å². The highest BCUT2D eigenvalue weighted by molar-refractivity contribution is 5.67. The predicted molar refractivity (Wildman–Crippen MR) is 109 cm³/mol. The summed E-state index contributed by atoms with van der Waals surface area (Å²) in [4.78, 5) is 15.0. The van der Waals surface area contributed by atoms with Crippen molar-refractivity contribution in [1.29, 1.82) is 0 Å². The zero-order chi connectivity index (χ0) is 19.7. The summed E-state index contributed by atoms with van der Waals surface area (Å²) in [5.74, 6) is 0.761. The molecule has 0 bridgehead atoms. The lowest BCUT2D eigenvalue weighted by atomic mass is 10.0. The molecule has 1 aromatic carbocycles. The quantitative estimate of drug-likeness (QED) is 0.696. The summed E-state index contributed by atoms with van der Waals surface area (Å²) in [6, 6.07) is 10.3. The number of hydrogen-bond acceptors (Lipinski definition) is 5. The molecule has 3 aromatic rings. The van der Waals surface area contributed by atoms with Crippen LogP contribution in [0.3, 0.4) is 0 Å². The maximum Gasteiger partial charge on any atom is 0.253 e. The molecule has 0 N–H and O–H groups in total. The Kier molecular flexibility index (Phi) is 5.05. The van der Waals surface area contributed by atoms with Gasteiger partial charge in [-0.25, -0.2) is 0 Å². The molecule has 146 valence electrons. The second-order valence-corrected chi connectivity index (χ2v) is 7.31. The van der Waals surface area contributed by atoms with Crippen LogP contribution < -0.4 is 10.5 Å². The lowest BCUT2D eigenvalue weighted by Gasteiger charge is -2.29. The second kappa shape index (κ2) is 7.64. The topological polar surface area (TPSA) is 60.5 Å². The predicted octanol–water partition coefficient (Wildman–Crippen LogP) is 3.31. The average Bonchev–Trinajstić information content (AvgIpc) is 3.05. The van der Waals surface area contributed by atoms with Crippen molar-refractivity contribution in [1.82, 2.24) is 9.72 Å². The van der Waals surface area contributed by atoms with Crippen molar-refractivity contribution < 1.29 is 9.26 Å². The fourth-order valence-electron chi connectivity index (χ4n) is 3.77. The van der Waals surface area contributed by atoms with Gasteiger partial charge in [0.2, 0.25) is 0 Å². The minimum absolute atomic E-state index is 0.0211. The van der Waals surface area contributed by atoms with Crippen LogP contribution in [0.5, 0.6) is 0 Å². The van der Waals surface area contributed by atoms with Crippen LogP contribution in [0, 0.1) is 20.8 Å². The number of hydrogen-bond donors (Lipinski definition) is 0. The van der Waals surface area contributed by atoms with E-state index in [0.29, 0.717) is 12.1 Å². The first-order valence-corrected chi connectivity index (χ1v) is 9.59. The molecule has 6 heteroatoms. The highest BCUT2D eigenvalue weighted by atomic mass is 16.5. The molecule has 28 heavy (non-hydrogen) atoms. The normalized spacial score (nSPS) is 14.5. The Bertz CT molecular complexity index is 1010. The van der Waals surface area contributed by atoms with E-state index < -0.39 is 0 Å². The van der Waals surface area contributed by atoms with E-state index >= 15 is 0 Å². The number of morpholine rings is 1. The third-order valence-electron chi connectivity index (χ3n) is 5.25. The van der Waals surface area contributed by atoms with Crippen LogP contribution in [0.1, 0.15) is 22.6 Å². The van der Waals surface area contributed by atoms with Crippen molar-refractivity contribution in [2.24, 2.45) is 0 Å². The van der Waals surface area contributed by atoms with Crippen LogP contribution >= 0.6 is 0 Å². The van der Waals surface area contributed by atoms with Gasteiger partial charge in [0.25, 0.3) is 5.56 Å². The Morgan fingerprint density at radius 3 is 2.43 bits per heavy atom. The third kappa shape index (κ3) is 3.60. The van der Waals surface area contributed by atoms with Crippen molar-refractivity contribution in [2.45, 2.75) is 27.3 Å². The standard InChI is InChI=1S/C22H25N3O3/c1-15-12-19(21-16(2)23-28-17(21)3)14-25(22(15)26)13-18-4-6-20(7-5-18)24-8-10-27-11-9-24/h4-7,12,14H,8-11,13H2,1-3H3. The van der Waals surface area contributed by atoms with Crippen molar-refractivity contribution in [2.75, 3.05) is 31.2 Å². The minimum atomic E-state index is 0.0211. The van der Waals surface area contributed by atoms with Gasteiger partial charge in [-0.1, -0.05) is 17.3 Å². The van der Waals surface area contributed by atoms with Gasteiger partial charge in [0, 0.05) is 41.7 Å². The SMILES string of the molecule is Cc1noc(C)c1-c1cc(C)c(=O)n(Cc2ccc(N3CCOCC3)cc2)c1. The summed E-state index contributed by atoms with van der Waals surface area (Å²) >= 11 is 0. The molecule has 2 aromatic heterocycles. The van der Waals surface area contributed by atoms with E-state index in [2.05, 4.69) is 34.3 Å². The number of nitrogens with zero attached hydrogens (tertiary/aromatic N) is 3. The molecule has 1 saturated heterocycles. The Morgan fingerprint density at radius 1 is 1.07 bits per heavy atom. The van der Waals surface area contributed by atoms with E-state index in [1.165, 1.54) is 5.69 Å². The van der Waals surface area contributed by atoms with Gasteiger partial charge in [0.05, 0.1) is 25.5 Å². The van der Waals surface area contributed by atoms with E-state index in [1.54, 1.807) is 4.57 Å². The van der Waals surface area contributed by atoms with Crippen molar-refractivity contribution in [3.05, 3.63) is 69.5 Å². The van der Waals surface area contributed by atoms with Crippen LogP contribution in [0.25, 0.3) is 11.1 Å². The van der Waals surface area contributed by atoms with Crippen molar-refractivity contribution in [3.63, 3.8) is 0 Å². The van der Waals surface area contributed by atoms with Gasteiger partial charge in [0.15, 0.2) is 0 Å². The Balaban J connectivity index is 1.62. The van der Waals surface area contributed by atoms with Crippen molar-refractivity contribution in [3.8, 4) is 11.1 Å². The minimum Gasteiger partial charge on any atom is -0.378 e. The highest BCUT2D eigenvalue weighted by Crippen LogP contribution is 2.26. The Hall–Kier alpha value is -2.86. The zero-order valence-electron chi connectivity index (χ0n) is 16.6. The highest BCUT2D eigenvalue weighted by Gasteiger charge is 2.15. The molecule has 0 aliphatic carbocycles. The summed E-state index contributed by atoms with van der Waals surface area (Å²) in [6.07, 6.45) is 1.90. The Morgan fingerprint density at radius 2 is 1.79 bits per heavy atom. The summed E-state index contributed by atoms with van der Waals surface area (Å²) in [5.41, 5.74) is 5.76. The smallest absolute Gasteiger partial charge is 0.253 e. The molecule has 0 saturated carbocycles. The first-order valence-electron chi connectivity index (χ1n) is 9.59. The maximum absolute atomic E-state index is 12.7. The van der Waals surface area contributed by atoms with Crippen LogP contribution in [-0.2, 0) is 11.3 Å². The molecule has 3 heterocycles. The molecule has 0 atom stereocenters. The lowest BCUT2D eigenvalue weighted by Crippen LogP contribution is -2.36. The molecule has 6 nitrogen and oxygen atoms in total. The van der Waals surface area contributed by atoms with Crippen molar-refractivity contribution >= 4 is 5.69 Å². The summed E-state index contributed by atoms with van der Waals surface area (Å²) in [5, 5.41) is 4.04. The van der Waals surface area contributed by atoms with Crippen LogP contribution in [0.2, 0.25) is 0 Å². The first kappa shape index (κ1) is 18.5. The number of anilines is 1. The van der Waals surface area contributed by atoms with Gasteiger partial charge < -0.3 is 18.7 Å². The van der Waals surface area contributed by atoms with Gasteiger partial charge >= 0.3 is 0 Å². The molecule has 1 aliphatic rings. The number of aryl methyl sites for hydroxylation is 3. The molecule has 0 amide bonds. The fraction of sp³-hybridized carbons (Fsp3) is 0.364. The molecule has 4 rings (SSSR count). The maximum atomic E-state index is 12.7. The molecular weight excluding hydrogens is 354 g/mol. The zero-order valence-corrected chi connectivity index (χ0v) is 16.6. The van der Waals surface area contributed by atoms with E-state index in [-0.39, 0.29) is 5.56 Å². The third-order valence-corrected chi connectivity index (χ3v) is 5.25. The number of rotatable bonds is 4. The fourth-order valence-corrected chi connectivity index (χ4v) is 3.77. The molecule has 0 spiro atoms. The molecule has 1 fully saturated rings. The number of benzene rings is 1. The van der Waals surface area contributed by atoms with E-state index in [9.17, 15) is 4.79 Å². The number of pyridine rings is 1. The summed E-state index contributed by atoms with van der Waals surface area (Å²) in [6.45, 7) is 9.55. The van der Waals surface area contributed by atoms with Gasteiger partial charge in [-0.2, -0.15) is 0 Å². The van der Waals surface area contributed by atoms with Crippen LogP contribution in [-0.4, -0.2) is 36.0 Å². The largest absolute Gasteiger partial charge is 0.378 e. The van der Waals surface area contributed by atoms with E-state index in [1.807, 2.05) is 33.0 Å². The van der Waals surface area contributed by atoms with Crippen LogP contribution in [0.4, 0.5) is 5.69 Å². The van der Waals surface area contributed by atoms with Gasteiger partial charge in [-0.3, -0.25) is 4.79 Å². The lowest BCUT2D eigenvalue weighted by molar-refractivity contribution is 0.122. The molecule has 0 radical (unpaired) electrons. The molecule has 0 unspecified atom stereocenters. The van der Waals surface area contributed by atoms with E-state index in [0.717, 1.165) is 54.4 Å². The second-order valence-electron chi connectivity index (χ2n) is 7.31. The number of aromatic nitrogens is 2. The number of ether oxygens (including phenoxy) is 1. The van der Waals surface area contributed by atoms with Gasteiger partial charge in [-0.15, -0.1) is 0 Å². The summed E-state index contributed by atoms with van der Waals surface area (Å²) in [7, 11) is 0. The molecule has 1 aliphatic heterocycles. The first-order chi connectivity index (χ1) is 13.5. The van der Waals surface area contributed by atoms with Gasteiger partial charge in [0.1, 0.15) is 5.76 Å².